The Morgan fingerprint density at radius 3 is 2.00 bits per heavy atom. The van der Waals surface area contributed by atoms with Gasteiger partial charge in [-0.05, 0) is 19.9 Å². The van der Waals surface area contributed by atoms with Gasteiger partial charge >= 0.3 is 0 Å². The van der Waals surface area contributed by atoms with Crippen molar-refractivity contribution in [2.75, 3.05) is 6.26 Å². The molecule has 0 heterocycles. The van der Waals surface area contributed by atoms with Crippen LogP contribution in [0.1, 0.15) is 25.5 Å². The van der Waals surface area contributed by atoms with Crippen LogP contribution < -0.4 is 5.73 Å². The fourth-order valence-electron chi connectivity index (χ4n) is 1.38. The lowest BCUT2D eigenvalue weighted by atomic mass is 9.95. The zero-order valence-electron chi connectivity index (χ0n) is 10.2. The van der Waals surface area contributed by atoms with Crippen molar-refractivity contribution in [1.29, 1.82) is 0 Å². The van der Waals surface area contributed by atoms with Crippen LogP contribution in [0.15, 0.2) is 12.1 Å². The van der Waals surface area contributed by atoms with Gasteiger partial charge in [-0.2, -0.15) is 0 Å². The van der Waals surface area contributed by atoms with E-state index < -0.39 is 38.1 Å². The second kappa shape index (κ2) is 4.55. The van der Waals surface area contributed by atoms with Crippen molar-refractivity contribution in [3.63, 3.8) is 0 Å². The molecule has 3 nitrogen and oxygen atoms in total. The number of halogens is 3. The molecule has 102 valence electrons. The van der Waals surface area contributed by atoms with Crippen LogP contribution >= 0.6 is 0 Å². The monoisotopic (exact) mass is 281 g/mol. The number of benzene rings is 1. The second-order valence-corrected chi connectivity index (χ2v) is 7.24. The molecule has 0 aromatic heterocycles. The summed E-state index contributed by atoms with van der Waals surface area (Å²) in [7, 11) is -3.60. The Labute approximate surface area is 104 Å². The minimum Gasteiger partial charge on any atom is -0.323 e. The van der Waals surface area contributed by atoms with E-state index in [1.165, 1.54) is 13.8 Å². The molecule has 0 fully saturated rings. The third-order valence-electron chi connectivity index (χ3n) is 3.08. The molecule has 1 aromatic rings. The van der Waals surface area contributed by atoms with E-state index in [-0.39, 0.29) is 5.56 Å². The highest BCUT2D eigenvalue weighted by Gasteiger charge is 2.39. The fourth-order valence-corrected chi connectivity index (χ4v) is 1.97. The molecule has 0 saturated carbocycles. The first-order chi connectivity index (χ1) is 7.98. The van der Waals surface area contributed by atoms with Crippen molar-refractivity contribution in [1.82, 2.24) is 0 Å². The molecule has 0 bridgehead atoms. The average Bonchev–Trinajstić information content (AvgIpc) is 2.20. The quantitative estimate of drug-likeness (QED) is 0.861. The summed E-state index contributed by atoms with van der Waals surface area (Å²) >= 11 is 0. The van der Waals surface area contributed by atoms with Crippen LogP contribution in [0.4, 0.5) is 13.2 Å². The summed E-state index contributed by atoms with van der Waals surface area (Å²) in [6.45, 7) is 2.60. The first-order valence-corrected chi connectivity index (χ1v) is 6.97. The molecular formula is C11H14F3NO2S. The number of nitrogens with two attached hydrogens (primary N) is 1. The first-order valence-electron chi connectivity index (χ1n) is 5.08. The Kier molecular flexibility index (Phi) is 3.78. The van der Waals surface area contributed by atoms with Gasteiger partial charge < -0.3 is 5.73 Å². The topological polar surface area (TPSA) is 60.2 Å². The smallest absolute Gasteiger partial charge is 0.161 e. The molecule has 0 aliphatic rings. The summed E-state index contributed by atoms with van der Waals surface area (Å²) in [6, 6.07) is -0.367. The molecule has 0 radical (unpaired) electrons. The second-order valence-electron chi connectivity index (χ2n) is 4.64. The van der Waals surface area contributed by atoms with Crippen molar-refractivity contribution in [3.8, 4) is 0 Å². The SMILES string of the molecule is CC(C)(C(N)c1cc(F)c(F)cc1F)S(C)(=O)=O. The Morgan fingerprint density at radius 1 is 1.11 bits per heavy atom. The van der Waals surface area contributed by atoms with E-state index in [1.807, 2.05) is 0 Å². The Bertz CT molecular complexity index is 570. The van der Waals surface area contributed by atoms with Gasteiger partial charge in [0.15, 0.2) is 21.5 Å². The normalized spacial score (nSPS) is 14.6. The van der Waals surface area contributed by atoms with Crippen LogP contribution in [-0.4, -0.2) is 19.4 Å². The van der Waals surface area contributed by atoms with Crippen LogP contribution in [0.25, 0.3) is 0 Å². The first kappa shape index (κ1) is 15.0. The minimum absolute atomic E-state index is 0.350. The van der Waals surface area contributed by atoms with Gasteiger partial charge in [0.2, 0.25) is 0 Å². The maximum Gasteiger partial charge on any atom is 0.161 e. The molecular weight excluding hydrogens is 267 g/mol. The molecule has 0 aliphatic heterocycles. The molecule has 1 atom stereocenters. The van der Waals surface area contributed by atoms with E-state index in [9.17, 15) is 21.6 Å². The lowest BCUT2D eigenvalue weighted by Crippen LogP contribution is -2.42. The molecule has 1 unspecified atom stereocenters. The summed E-state index contributed by atoms with van der Waals surface area (Å²) < 4.78 is 61.0. The van der Waals surface area contributed by atoms with Crippen molar-refractivity contribution >= 4 is 9.84 Å². The molecule has 1 rings (SSSR count). The largest absolute Gasteiger partial charge is 0.323 e. The van der Waals surface area contributed by atoms with E-state index in [0.717, 1.165) is 6.26 Å². The zero-order chi connectivity index (χ0) is 14.3. The molecule has 0 aliphatic carbocycles. The average molecular weight is 281 g/mol. The van der Waals surface area contributed by atoms with Crippen molar-refractivity contribution in [3.05, 3.63) is 35.1 Å². The minimum atomic E-state index is -3.60. The van der Waals surface area contributed by atoms with E-state index in [4.69, 9.17) is 5.73 Å². The van der Waals surface area contributed by atoms with Crippen LogP contribution in [0, 0.1) is 17.5 Å². The van der Waals surface area contributed by atoms with E-state index >= 15 is 0 Å². The van der Waals surface area contributed by atoms with E-state index in [1.54, 1.807) is 0 Å². The zero-order valence-corrected chi connectivity index (χ0v) is 11.0. The molecule has 0 amide bonds. The van der Waals surface area contributed by atoms with Gasteiger partial charge in [-0.25, -0.2) is 21.6 Å². The van der Waals surface area contributed by atoms with E-state index in [0.29, 0.717) is 12.1 Å². The van der Waals surface area contributed by atoms with Crippen LogP contribution in [0.2, 0.25) is 0 Å². The van der Waals surface area contributed by atoms with Crippen molar-refractivity contribution in [2.24, 2.45) is 5.73 Å². The van der Waals surface area contributed by atoms with Gasteiger partial charge in [-0.3, -0.25) is 0 Å². The van der Waals surface area contributed by atoms with Crippen molar-refractivity contribution < 1.29 is 21.6 Å². The summed E-state index contributed by atoms with van der Waals surface area (Å²) in [5.74, 6) is -3.69. The predicted octanol–water partition coefficient (Wildman–Crippen LogP) is 1.93. The number of hydrogen-bond donors (Lipinski definition) is 1. The molecule has 2 N–H and O–H groups in total. The van der Waals surface area contributed by atoms with Crippen LogP contribution in [0.5, 0.6) is 0 Å². The summed E-state index contributed by atoms with van der Waals surface area (Å²) in [5.41, 5.74) is 5.30. The van der Waals surface area contributed by atoms with Gasteiger partial charge in [0.1, 0.15) is 5.82 Å². The maximum absolute atomic E-state index is 13.5. The Hall–Kier alpha value is -1.08. The van der Waals surface area contributed by atoms with Gasteiger partial charge in [0.05, 0.1) is 10.8 Å². The van der Waals surface area contributed by atoms with Gasteiger partial charge in [-0.1, -0.05) is 0 Å². The third kappa shape index (κ3) is 2.51. The number of hydrogen-bond acceptors (Lipinski definition) is 3. The molecule has 1 aromatic carbocycles. The summed E-state index contributed by atoms with van der Waals surface area (Å²) in [4.78, 5) is 0. The lowest BCUT2D eigenvalue weighted by Gasteiger charge is -2.30. The van der Waals surface area contributed by atoms with E-state index in [2.05, 4.69) is 0 Å². The standard InChI is InChI=1S/C11H14F3NO2S/c1-11(2,18(3,16)17)10(15)6-4-8(13)9(14)5-7(6)12/h4-5,10H,15H2,1-3H3. The number of rotatable bonds is 3. The molecule has 18 heavy (non-hydrogen) atoms. The van der Waals surface area contributed by atoms with Gasteiger partial charge in [-0.15, -0.1) is 0 Å². The Morgan fingerprint density at radius 2 is 1.56 bits per heavy atom. The Balaban J connectivity index is 3.36. The molecule has 0 spiro atoms. The van der Waals surface area contributed by atoms with Crippen LogP contribution in [-0.2, 0) is 9.84 Å². The molecule has 7 heteroatoms. The highest BCUT2D eigenvalue weighted by atomic mass is 32.2. The maximum atomic E-state index is 13.5. The van der Waals surface area contributed by atoms with Crippen molar-refractivity contribution in [2.45, 2.75) is 24.6 Å². The highest BCUT2D eigenvalue weighted by molar-refractivity contribution is 7.92. The highest BCUT2D eigenvalue weighted by Crippen LogP contribution is 2.32. The fraction of sp³-hybridized carbons (Fsp3) is 0.455. The van der Waals surface area contributed by atoms with Gasteiger partial charge in [0, 0.05) is 17.9 Å². The predicted molar refractivity (Wildman–Crippen MR) is 62.2 cm³/mol. The summed E-state index contributed by atoms with van der Waals surface area (Å²) in [6.07, 6.45) is 0.949. The van der Waals surface area contributed by atoms with Crippen LogP contribution in [0.3, 0.4) is 0 Å². The molecule has 0 saturated heterocycles. The summed E-state index contributed by atoms with van der Waals surface area (Å²) in [5, 5.41) is 0. The van der Waals surface area contributed by atoms with Gasteiger partial charge in [0.25, 0.3) is 0 Å². The third-order valence-corrected chi connectivity index (χ3v) is 5.24. The number of sulfone groups is 1. The lowest BCUT2D eigenvalue weighted by molar-refractivity contribution is 0.457.